The summed E-state index contributed by atoms with van der Waals surface area (Å²) in [6, 6.07) is 17.7. The van der Waals surface area contributed by atoms with Gasteiger partial charge < -0.3 is 13.6 Å². The minimum absolute atomic E-state index is 0.552. The average Bonchev–Trinajstić information content (AvgIpc) is 2.78. The molecule has 0 unspecified atom stereocenters. The minimum atomic E-state index is -4.09. The summed E-state index contributed by atoms with van der Waals surface area (Å²) in [5.41, 5.74) is 5.53. The Morgan fingerprint density at radius 1 is 0.562 bits per heavy atom. The standard InChI is InChI=1S/C27H33O4P/c1-7-22-16-10-13-19(4)25(22)29-32(28,30-26-20(5)14-11-17-23(26)8-2)31-27-21(6)15-12-18-24(27)9-3/h10-18H,7-9H2,1-6H3. The van der Waals surface area contributed by atoms with Crippen LogP contribution >= 0.6 is 7.82 Å². The van der Waals surface area contributed by atoms with Crippen molar-refractivity contribution in [2.24, 2.45) is 0 Å². The zero-order chi connectivity index (χ0) is 23.3. The fourth-order valence-corrected chi connectivity index (χ4v) is 5.32. The molecule has 0 N–H and O–H groups in total. The first-order chi connectivity index (χ1) is 15.3. The van der Waals surface area contributed by atoms with E-state index in [1.165, 1.54) is 0 Å². The second kappa shape index (κ2) is 10.3. The Labute approximate surface area is 192 Å². The fourth-order valence-electron chi connectivity index (χ4n) is 3.76. The number of hydrogen-bond acceptors (Lipinski definition) is 4. The van der Waals surface area contributed by atoms with Crippen LogP contribution in [0.1, 0.15) is 54.2 Å². The van der Waals surface area contributed by atoms with Crippen molar-refractivity contribution in [1.82, 2.24) is 0 Å². The van der Waals surface area contributed by atoms with Crippen molar-refractivity contribution in [3.05, 3.63) is 88.0 Å². The maximum Gasteiger partial charge on any atom is 0.647 e. The fraction of sp³-hybridized carbons (Fsp3) is 0.333. The van der Waals surface area contributed by atoms with Crippen LogP contribution in [0.15, 0.2) is 54.6 Å². The van der Waals surface area contributed by atoms with Crippen molar-refractivity contribution in [3.63, 3.8) is 0 Å². The molecule has 0 saturated carbocycles. The maximum absolute atomic E-state index is 14.3. The van der Waals surface area contributed by atoms with Crippen molar-refractivity contribution >= 4 is 7.82 Å². The largest absolute Gasteiger partial charge is 0.647 e. The summed E-state index contributed by atoms with van der Waals surface area (Å²) in [6.45, 7) is 11.9. The molecule has 3 rings (SSSR count). The molecule has 0 saturated heterocycles. The predicted octanol–water partition coefficient (Wildman–Crippen LogP) is 7.94. The number of rotatable bonds is 9. The number of phosphoric acid groups is 1. The van der Waals surface area contributed by atoms with Crippen molar-refractivity contribution < 1.29 is 18.1 Å². The molecule has 170 valence electrons. The van der Waals surface area contributed by atoms with Gasteiger partial charge in [-0.25, -0.2) is 0 Å². The van der Waals surface area contributed by atoms with Crippen LogP contribution in [0.2, 0.25) is 0 Å². The minimum Gasteiger partial charge on any atom is -0.385 e. The highest BCUT2D eigenvalue weighted by molar-refractivity contribution is 7.49. The van der Waals surface area contributed by atoms with Gasteiger partial charge in [0.25, 0.3) is 0 Å². The molecule has 5 heteroatoms. The molecule has 3 aromatic rings. The molecule has 0 spiro atoms. The lowest BCUT2D eigenvalue weighted by Crippen LogP contribution is -2.12. The summed E-state index contributed by atoms with van der Waals surface area (Å²) in [7, 11) is -4.09. The van der Waals surface area contributed by atoms with Crippen molar-refractivity contribution in [3.8, 4) is 17.2 Å². The van der Waals surface area contributed by atoms with E-state index in [2.05, 4.69) is 0 Å². The van der Waals surface area contributed by atoms with Crippen LogP contribution in [-0.2, 0) is 23.8 Å². The third-order valence-electron chi connectivity index (χ3n) is 5.63. The molecule has 0 heterocycles. The van der Waals surface area contributed by atoms with Gasteiger partial charge in [-0.3, -0.25) is 0 Å². The molecule has 0 amide bonds. The van der Waals surface area contributed by atoms with Crippen LogP contribution in [0, 0.1) is 20.8 Å². The molecular formula is C27H33O4P. The van der Waals surface area contributed by atoms with Crippen molar-refractivity contribution in [2.45, 2.75) is 60.8 Å². The zero-order valence-corrected chi connectivity index (χ0v) is 20.8. The molecule has 0 fully saturated rings. The Morgan fingerprint density at radius 3 is 1.09 bits per heavy atom. The molecular weight excluding hydrogens is 419 g/mol. The first kappa shape index (κ1) is 23.9. The van der Waals surface area contributed by atoms with Gasteiger partial charge in [0.1, 0.15) is 17.2 Å². The Balaban J connectivity index is 2.13. The van der Waals surface area contributed by atoms with E-state index in [0.29, 0.717) is 17.2 Å². The summed E-state index contributed by atoms with van der Waals surface area (Å²) in [6.07, 6.45) is 2.23. The number of benzene rings is 3. The third-order valence-corrected chi connectivity index (χ3v) is 6.85. The summed E-state index contributed by atoms with van der Waals surface area (Å²) < 4.78 is 32.9. The molecule has 32 heavy (non-hydrogen) atoms. The van der Waals surface area contributed by atoms with E-state index in [4.69, 9.17) is 13.6 Å². The third kappa shape index (κ3) is 5.19. The van der Waals surface area contributed by atoms with E-state index in [1.54, 1.807) is 0 Å². The van der Waals surface area contributed by atoms with E-state index in [-0.39, 0.29) is 0 Å². The van der Waals surface area contributed by atoms with Gasteiger partial charge in [-0.05, 0) is 73.4 Å². The lowest BCUT2D eigenvalue weighted by molar-refractivity contribution is 0.293. The normalized spacial score (nSPS) is 11.3. The van der Waals surface area contributed by atoms with E-state index in [9.17, 15) is 4.57 Å². The Hall–Kier alpha value is -2.71. The molecule has 0 aliphatic carbocycles. The Kier molecular flexibility index (Phi) is 7.69. The summed E-state index contributed by atoms with van der Waals surface area (Å²) in [4.78, 5) is 0. The van der Waals surface area contributed by atoms with Gasteiger partial charge in [0.15, 0.2) is 0 Å². The van der Waals surface area contributed by atoms with Crippen LogP contribution in [0.3, 0.4) is 0 Å². The first-order valence-electron chi connectivity index (χ1n) is 11.3. The summed E-state index contributed by atoms with van der Waals surface area (Å²) in [5.74, 6) is 1.66. The van der Waals surface area contributed by atoms with Gasteiger partial charge in [-0.15, -0.1) is 0 Å². The van der Waals surface area contributed by atoms with E-state index >= 15 is 0 Å². The molecule has 3 aromatic carbocycles. The average molecular weight is 453 g/mol. The van der Waals surface area contributed by atoms with Crippen molar-refractivity contribution in [1.29, 1.82) is 0 Å². The number of hydrogen-bond donors (Lipinski definition) is 0. The molecule has 0 radical (unpaired) electrons. The Bertz CT molecular complexity index is 995. The Morgan fingerprint density at radius 2 is 0.844 bits per heavy atom. The highest BCUT2D eigenvalue weighted by atomic mass is 31.2. The highest BCUT2D eigenvalue weighted by Crippen LogP contribution is 2.53. The van der Waals surface area contributed by atoms with Crippen LogP contribution in [0.25, 0.3) is 0 Å². The van der Waals surface area contributed by atoms with Gasteiger partial charge in [-0.1, -0.05) is 75.4 Å². The van der Waals surface area contributed by atoms with Gasteiger partial charge >= 0.3 is 7.82 Å². The van der Waals surface area contributed by atoms with Crippen LogP contribution in [0.4, 0.5) is 0 Å². The first-order valence-corrected chi connectivity index (χ1v) is 12.7. The van der Waals surface area contributed by atoms with Gasteiger partial charge in [0.2, 0.25) is 0 Å². The van der Waals surface area contributed by atoms with E-state index < -0.39 is 7.82 Å². The van der Waals surface area contributed by atoms with E-state index in [0.717, 1.165) is 52.6 Å². The molecule has 0 atom stereocenters. The summed E-state index contributed by atoms with van der Waals surface area (Å²) in [5, 5.41) is 0. The molecule has 0 aliphatic heterocycles. The summed E-state index contributed by atoms with van der Waals surface area (Å²) >= 11 is 0. The molecule has 0 aliphatic rings. The lowest BCUT2D eigenvalue weighted by Gasteiger charge is -2.25. The second-order valence-corrected chi connectivity index (χ2v) is 9.41. The van der Waals surface area contributed by atoms with Crippen molar-refractivity contribution in [2.75, 3.05) is 0 Å². The van der Waals surface area contributed by atoms with Gasteiger partial charge in [-0.2, -0.15) is 4.57 Å². The number of aryl methyl sites for hydroxylation is 6. The maximum atomic E-state index is 14.3. The second-order valence-electron chi connectivity index (χ2n) is 7.97. The number of para-hydroxylation sites is 3. The van der Waals surface area contributed by atoms with E-state index in [1.807, 2.05) is 96.1 Å². The molecule has 0 aromatic heterocycles. The molecule has 0 bridgehead atoms. The monoisotopic (exact) mass is 452 g/mol. The van der Waals surface area contributed by atoms with Gasteiger partial charge in [0, 0.05) is 0 Å². The molecule has 4 nitrogen and oxygen atoms in total. The SMILES string of the molecule is CCc1cccc(C)c1OP(=O)(Oc1c(C)cccc1CC)Oc1c(C)cccc1CC. The van der Waals surface area contributed by atoms with Crippen LogP contribution in [-0.4, -0.2) is 0 Å². The van der Waals surface area contributed by atoms with Gasteiger partial charge in [0.05, 0.1) is 0 Å². The number of phosphoric ester groups is 1. The topological polar surface area (TPSA) is 44.8 Å². The zero-order valence-electron chi connectivity index (χ0n) is 19.9. The predicted molar refractivity (Wildman–Crippen MR) is 131 cm³/mol. The quantitative estimate of drug-likeness (QED) is 0.309. The van der Waals surface area contributed by atoms with Crippen LogP contribution in [0.5, 0.6) is 17.2 Å². The smallest absolute Gasteiger partial charge is 0.385 e. The lowest BCUT2D eigenvalue weighted by atomic mass is 10.1. The van der Waals surface area contributed by atoms with Crippen LogP contribution < -0.4 is 13.6 Å². The highest BCUT2D eigenvalue weighted by Gasteiger charge is 2.36.